The van der Waals surface area contributed by atoms with Crippen molar-refractivity contribution < 1.29 is 4.42 Å². The van der Waals surface area contributed by atoms with E-state index in [1.165, 1.54) is 11.3 Å². The molecule has 1 aromatic heterocycles. The highest BCUT2D eigenvalue weighted by atomic mass is 16.4. The number of rotatable bonds is 3. The van der Waals surface area contributed by atoms with E-state index in [0.717, 1.165) is 13.0 Å². The number of hydrogen-bond acceptors (Lipinski definition) is 5. The molecule has 20 heavy (non-hydrogen) atoms. The van der Waals surface area contributed by atoms with Gasteiger partial charge in [-0.1, -0.05) is 30.2 Å². The molecule has 2 heterocycles. The molecule has 1 N–H and O–H groups in total. The van der Waals surface area contributed by atoms with E-state index in [1.807, 2.05) is 14.0 Å². The molecule has 0 spiro atoms. The van der Waals surface area contributed by atoms with Crippen LogP contribution in [0.1, 0.15) is 31.3 Å². The Bertz CT molecular complexity index is 595. The number of benzene rings is 1. The molecule has 0 fully saturated rings. The molecular weight excluding hydrogens is 252 g/mol. The van der Waals surface area contributed by atoms with E-state index in [9.17, 15) is 0 Å². The van der Waals surface area contributed by atoms with Crippen molar-refractivity contribution in [1.82, 2.24) is 15.5 Å². The molecule has 2 atom stereocenters. The van der Waals surface area contributed by atoms with E-state index in [4.69, 9.17) is 4.42 Å². The first-order chi connectivity index (χ1) is 9.69. The molecule has 2 unspecified atom stereocenters. The maximum atomic E-state index is 5.82. The van der Waals surface area contributed by atoms with Gasteiger partial charge in [0.1, 0.15) is 0 Å². The fourth-order valence-electron chi connectivity index (χ4n) is 2.61. The molecule has 0 radical (unpaired) electrons. The van der Waals surface area contributed by atoms with Crippen LogP contribution in [0.4, 0.5) is 11.7 Å². The van der Waals surface area contributed by atoms with Gasteiger partial charge in [-0.25, -0.2) is 0 Å². The van der Waals surface area contributed by atoms with E-state index in [0.29, 0.717) is 17.8 Å². The van der Waals surface area contributed by atoms with Gasteiger partial charge in [-0.2, -0.15) is 0 Å². The van der Waals surface area contributed by atoms with Gasteiger partial charge in [0.2, 0.25) is 5.89 Å². The van der Waals surface area contributed by atoms with E-state index >= 15 is 0 Å². The molecule has 5 heteroatoms. The van der Waals surface area contributed by atoms with Crippen molar-refractivity contribution in [2.75, 3.05) is 18.5 Å². The van der Waals surface area contributed by atoms with Crippen molar-refractivity contribution >= 4 is 11.7 Å². The van der Waals surface area contributed by atoms with Gasteiger partial charge in [0.05, 0.1) is 6.04 Å². The normalized spacial score (nSPS) is 19.8. The molecule has 0 saturated carbocycles. The summed E-state index contributed by atoms with van der Waals surface area (Å²) in [6, 6.07) is 9.07. The van der Waals surface area contributed by atoms with Crippen LogP contribution in [0.15, 0.2) is 28.7 Å². The average Bonchev–Trinajstić information content (AvgIpc) is 2.95. The molecule has 0 aliphatic carbocycles. The molecular formula is C15H20N4O. The van der Waals surface area contributed by atoms with Crippen LogP contribution >= 0.6 is 0 Å². The Labute approximate surface area is 119 Å². The van der Waals surface area contributed by atoms with Gasteiger partial charge in [-0.3, -0.25) is 4.90 Å². The van der Waals surface area contributed by atoms with E-state index in [1.54, 1.807) is 0 Å². The Morgan fingerprint density at radius 2 is 2.15 bits per heavy atom. The van der Waals surface area contributed by atoms with Gasteiger partial charge < -0.3 is 9.73 Å². The van der Waals surface area contributed by atoms with Crippen LogP contribution in [-0.2, 0) is 6.42 Å². The lowest BCUT2D eigenvalue weighted by Crippen LogP contribution is -2.30. The number of nitrogens with one attached hydrogen (secondary N) is 1. The minimum Gasteiger partial charge on any atom is -0.406 e. The Kier molecular flexibility index (Phi) is 3.44. The van der Waals surface area contributed by atoms with Gasteiger partial charge in [-0.15, -0.1) is 5.10 Å². The number of nitrogens with zero attached hydrogens (tertiary/aromatic N) is 3. The minimum atomic E-state index is 0.0636. The van der Waals surface area contributed by atoms with Gasteiger partial charge >= 0.3 is 6.01 Å². The first-order valence-electron chi connectivity index (χ1n) is 7.05. The zero-order valence-electron chi connectivity index (χ0n) is 12.1. The smallest absolute Gasteiger partial charge is 0.322 e. The first kappa shape index (κ1) is 13.1. The summed E-state index contributed by atoms with van der Waals surface area (Å²) in [4.78, 5) is 2.13. The Hall–Kier alpha value is -1.88. The molecule has 1 aromatic carbocycles. The molecule has 1 aliphatic heterocycles. The summed E-state index contributed by atoms with van der Waals surface area (Å²) in [5.41, 5.74) is 2.52. The van der Waals surface area contributed by atoms with E-state index < -0.39 is 0 Å². The van der Waals surface area contributed by atoms with Gasteiger partial charge in [0.15, 0.2) is 0 Å². The summed E-state index contributed by atoms with van der Waals surface area (Å²) in [6.45, 7) is 5.16. The molecule has 106 valence electrons. The molecule has 0 bridgehead atoms. The third kappa shape index (κ3) is 2.29. The standard InChI is InChI=1S/C15H20N4O/c1-10-8-12-6-4-5-7-13(12)19(9-10)15-18-17-14(20-15)11(2)16-3/h4-7,10-11,16H,8-9H2,1-3H3. The number of anilines is 2. The molecule has 2 aromatic rings. The number of hydrogen-bond donors (Lipinski definition) is 1. The van der Waals surface area contributed by atoms with E-state index in [2.05, 4.69) is 51.6 Å². The third-order valence-electron chi connectivity index (χ3n) is 3.81. The highest BCUT2D eigenvalue weighted by Crippen LogP contribution is 2.34. The highest BCUT2D eigenvalue weighted by Gasteiger charge is 2.26. The summed E-state index contributed by atoms with van der Waals surface area (Å²) >= 11 is 0. The predicted octanol–water partition coefficient (Wildman–Crippen LogP) is 2.68. The van der Waals surface area contributed by atoms with Crippen LogP contribution in [-0.4, -0.2) is 23.8 Å². The zero-order chi connectivity index (χ0) is 14.1. The summed E-state index contributed by atoms with van der Waals surface area (Å²) in [7, 11) is 1.88. The van der Waals surface area contributed by atoms with Crippen molar-refractivity contribution in [2.45, 2.75) is 26.3 Å². The summed E-state index contributed by atoms with van der Waals surface area (Å²) < 4.78 is 5.82. The first-order valence-corrected chi connectivity index (χ1v) is 7.05. The number of fused-ring (bicyclic) bond motifs is 1. The fraction of sp³-hybridized carbons (Fsp3) is 0.467. The van der Waals surface area contributed by atoms with Crippen LogP contribution in [0.5, 0.6) is 0 Å². The lowest BCUT2D eigenvalue weighted by atomic mass is 9.94. The lowest BCUT2D eigenvalue weighted by molar-refractivity contribution is 0.427. The van der Waals surface area contributed by atoms with Gasteiger partial charge in [0.25, 0.3) is 0 Å². The van der Waals surface area contributed by atoms with Crippen LogP contribution in [0.25, 0.3) is 0 Å². The van der Waals surface area contributed by atoms with Crippen LogP contribution < -0.4 is 10.2 Å². The summed E-state index contributed by atoms with van der Waals surface area (Å²) in [5.74, 6) is 1.19. The number of para-hydroxylation sites is 1. The van der Waals surface area contributed by atoms with Crippen molar-refractivity contribution in [3.8, 4) is 0 Å². The fourth-order valence-corrected chi connectivity index (χ4v) is 2.61. The molecule has 0 amide bonds. The van der Waals surface area contributed by atoms with Gasteiger partial charge in [0, 0.05) is 12.2 Å². The van der Waals surface area contributed by atoms with Crippen molar-refractivity contribution in [1.29, 1.82) is 0 Å². The molecule has 5 nitrogen and oxygen atoms in total. The monoisotopic (exact) mass is 272 g/mol. The molecule has 0 saturated heterocycles. The topological polar surface area (TPSA) is 54.2 Å². The zero-order valence-corrected chi connectivity index (χ0v) is 12.1. The second kappa shape index (κ2) is 5.25. The number of aromatic nitrogens is 2. The molecule has 3 rings (SSSR count). The Balaban J connectivity index is 1.96. The Morgan fingerprint density at radius 1 is 1.35 bits per heavy atom. The largest absolute Gasteiger partial charge is 0.406 e. The van der Waals surface area contributed by atoms with Crippen molar-refractivity contribution in [3.63, 3.8) is 0 Å². The van der Waals surface area contributed by atoms with E-state index in [-0.39, 0.29) is 6.04 Å². The van der Waals surface area contributed by atoms with Crippen molar-refractivity contribution in [2.24, 2.45) is 5.92 Å². The SMILES string of the molecule is CNC(C)c1nnc(N2CC(C)Cc3ccccc32)o1. The second-order valence-corrected chi connectivity index (χ2v) is 5.48. The minimum absolute atomic E-state index is 0.0636. The second-order valence-electron chi connectivity index (χ2n) is 5.48. The van der Waals surface area contributed by atoms with Crippen molar-refractivity contribution in [3.05, 3.63) is 35.7 Å². The average molecular weight is 272 g/mol. The summed E-state index contributed by atoms with van der Waals surface area (Å²) in [6.07, 6.45) is 1.10. The third-order valence-corrected chi connectivity index (χ3v) is 3.81. The highest BCUT2D eigenvalue weighted by molar-refractivity contribution is 5.62. The van der Waals surface area contributed by atoms with Crippen LogP contribution in [0.2, 0.25) is 0 Å². The van der Waals surface area contributed by atoms with Crippen LogP contribution in [0, 0.1) is 5.92 Å². The molecule has 1 aliphatic rings. The maximum absolute atomic E-state index is 5.82. The quantitative estimate of drug-likeness (QED) is 0.931. The summed E-state index contributed by atoms with van der Waals surface area (Å²) in [5, 5.41) is 11.5. The Morgan fingerprint density at radius 3 is 2.95 bits per heavy atom. The maximum Gasteiger partial charge on any atom is 0.322 e. The van der Waals surface area contributed by atoms with Gasteiger partial charge in [-0.05, 0) is 37.9 Å². The van der Waals surface area contributed by atoms with Crippen LogP contribution in [0.3, 0.4) is 0 Å². The predicted molar refractivity (Wildman–Crippen MR) is 78.1 cm³/mol. The lowest BCUT2D eigenvalue weighted by Gasteiger charge is -2.31.